The van der Waals surface area contributed by atoms with Gasteiger partial charge in [0.1, 0.15) is 0 Å². The van der Waals surface area contributed by atoms with Gasteiger partial charge in [-0.2, -0.15) is 25.7 Å². The summed E-state index contributed by atoms with van der Waals surface area (Å²) >= 11 is 0. The van der Waals surface area contributed by atoms with Gasteiger partial charge in [0.15, 0.2) is 0 Å². The summed E-state index contributed by atoms with van der Waals surface area (Å²) < 4.78 is 0. The molecule has 352 valence electrons. The molecule has 0 atom stereocenters. The van der Waals surface area contributed by atoms with Crippen LogP contribution in [0.25, 0.3) is 0 Å². The summed E-state index contributed by atoms with van der Waals surface area (Å²) in [7, 11) is 1.26. The second-order valence-electron chi connectivity index (χ2n) is 17.2. The van der Waals surface area contributed by atoms with Crippen LogP contribution in [0.1, 0.15) is 324 Å². The first-order valence-electron chi connectivity index (χ1n) is 26.9. The molecule has 0 unspecified atom stereocenters. The maximum atomic E-state index is 3.82. The minimum Gasteiger partial charge on any atom is -0.343 e. The Morgan fingerprint density at radius 2 is 0.345 bits per heavy atom. The maximum absolute atomic E-state index is 3.82. The maximum Gasteiger partial charge on any atom is 4.00 e. The molecular formula is C56H119PTi. The van der Waals surface area contributed by atoms with Crippen LogP contribution >= 0.6 is 8.58 Å². The molecule has 0 spiro atoms. The average molecular weight is 871 g/mol. The molecule has 0 bridgehead atoms. The van der Waals surface area contributed by atoms with E-state index in [2.05, 4.69) is 69.2 Å². The summed E-state index contributed by atoms with van der Waals surface area (Å²) in [5.41, 5.74) is 0. The number of hydrogen-bond donors (Lipinski definition) is 0. The molecule has 58 heavy (non-hydrogen) atoms. The molecule has 0 nitrogen and oxygen atoms in total. The smallest absolute Gasteiger partial charge is 0.343 e. The first-order chi connectivity index (χ1) is 28.1. The van der Waals surface area contributed by atoms with Crippen molar-refractivity contribution >= 4 is 8.58 Å². The van der Waals surface area contributed by atoms with Crippen LogP contribution in [0.4, 0.5) is 0 Å². The second kappa shape index (κ2) is 81.9. The molecule has 0 fully saturated rings. The van der Waals surface area contributed by atoms with Gasteiger partial charge in [0, 0.05) is 0 Å². The van der Waals surface area contributed by atoms with Crippen LogP contribution in [0.5, 0.6) is 0 Å². The molecule has 0 heterocycles. The van der Waals surface area contributed by atoms with Gasteiger partial charge in [-0.05, 0) is 25.2 Å². The monoisotopic (exact) mass is 871 g/mol. The van der Waals surface area contributed by atoms with Crippen LogP contribution in [-0.4, -0.2) is 12.3 Å². The van der Waals surface area contributed by atoms with Crippen molar-refractivity contribution in [2.75, 3.05) is 12.3 Å². The fourth-order valence-corrected chi connectivity index (χ4v) is 7.97. The van der Waals surface area contributed by atoms with Crippen molar-refractivity contribution in [1.29, 1.82) is 0 Å². The van der Waals surface area contributed by atoms with E-state index in [1.807, 2.05) is 0 Å². The number of hydrogen-bond acceptors (Lipinski definition) is 0. The minimum atomic E-state index is 0. The van der Waals surface area contributed by atoms with Gasteiger partial charge in [-0.1, -0.05) is 286 Å². The van der Waals surface area contributed by atoms with E-state index in [1.165, 1.54) is 278 Å². The van der Waals surface area contributed by atoms with Crippen LogP contribution < -0.4 is 0 Å². The molecule has 0 aromatic carbocycles. The van der Waals surface area contributed by atoms with Crippen molar-refractivity contribution < 1.29 is 21.7 Å². The van der Waals surface area contributed by atoms with E-state index >= 15 is 0 Å². The summed E-state index contributed by atoms with van der Waals surface area (Å²) in [6, 6.07) is 0. The van der Waals surface area contributed by atoms with Crippen molar-refractivity contribution in [1.82, 2.24) is 0 Å². The zero-order chi connectivity index (χ0) is 43.2. The van der Waals surface area contributed by atoms with Crippen molar-refractivity contribution in [2.45, 2.75) is 324 Å². The van der Waals surface area contributed by atoms with Crippen LogP contribution in [0, 0.1) is 27.7 Å². The number of rotatable bonds is 42. The molecule has 0 rings (SSSR count). The summed E-state index contributed by atoms with van der Waals surface area (Å²) in [6.45, 7) is 28.9. The average Bonchev–Trinajstić information content (AvgIpc) is 3.23. The first kappa shape index (κ1) is 70.8. The van der Waals surface area contributed by atoms with Gasteiger partial charge in [0.2, 0.25) is 0 Å². The first-order valence-corrected chi connectivity index (χ1v) is 28.4. The predicted molar refractivity (Wildman–Crippen MR) is 277 cm³/mol. The van der Waals surface area contributed by atoms with Crippen LogP contribution in [0.3, 0.4) is 0 Å². The summed E-state index contributed by atoms with van der Waals surface area (Å²) in [5.74, 6) is 0. The predicted octanol–water partition coefficient (Wildman–Crippen LogP) is 22.2. The third kappa shape index (κ3) is 96.8. The Bertz CT molecular complexity index is 427. The minimum absolute atomic E-state index is 0. The normalized spacial score (nSPS) is 10.2. The molecule has 0 aliphatic rings. The molecule has 0 aromatic heterocycles. The van der Waals surface area contributed by atoms with E-state index in [0.717, 1.165) is 25.7 Å². The molecule has 0 saturated heterocycles. The summed E-state index contributed by atoms with van der Waals surface area (Å²) in [4.78, 5) is 0. The zero-order valence-corrected chi connectivity index (χ0v) is 44.9. The van der Waals surface area contributed by atoms with Gasteiger partial charge in [-0.25, -0.2) is 0 Å². The molecular weight excluding hydrogens is 751 g/mol. The van der Waals surface area contributed by atoms with Crippen molar-refractivity contribution in [2.24, 2.45) is 0 Å². The van der Waals surface area contributed by atoms with E-state index in [-0.39, 0.29) is 21.7 Å². The third-order valence-corrected chi connectivity index (χ3v) is 12.2. The van der Waals surface area contributed by atoms with E-state index in [9.17, 15) is 0 Å². The largest absolute Gasteiger partial charge is 4.00 e. The molecule has 0 aromatic rings. The Morgan fingerprint density at radius 3 is 0.500 bits per heavy atom. The molecule has 0 radical (unpaired) electrons. The Balaban J connectivity index is -0.000000148. The molecule has 0 aliphatic heterocycles. The van der Waals surface area contributed by atoms with Gasteiger partial charge in [0.05, 0.1) is 0 Å². The SMILES string of the molecule is CCCCCCCCPCCCCCCCC.[CH2-]CCCCCCCCC.[CH2-]CCCCCCCCC.[CH2-]CCCCCCCCC.[CH2-]CCCCCCCCC.[Ti+4]. The topological polar surface area (TPSA) is 0 Å². The third-order valence-electron chi connectivity index (χ3n) is 10.8. The molecule has 0 amide bonds. The Hall–Kier alpha value is 1.14. The Morgan fingerprint density at radius 1 is 0.207 bits per heavy atom. The molecule has 0 saturated carbocycles. The van der Waals surface area contributed by atoms with Crippen LogP contribution in [0.2, 0.25) is 0 Å². The molecule has 2 heteroatoms. The molecule has 0 N–H and O–H groups in total. The van der Waals surface area contributed by atoms with Crippen molar-refractivity contribution in [3.63, 3.8) is 0 Å². The fourth-order valence-electron chi connectivity index (χ4n) is 6.72. The van der Waals surface area contributed by atoms with Gasteiger partial charge in [-0.3, -0.25) is 0 Å². The molecule has 0 aliphatic carbocycles. The Kier molecular flexibility index (Phi) is 100.0. The van der Waals surface area contributed by atoms with E-state index in [0.29, 0.717) is 0 Å². The van der Waals surface area contributed by atoms with Gasteiger partial charge < -0.3 is 27.7 Å². The van der Waals surface area contributed by atoms with Crippen molar-refractivity contribution in [3.8, 4) is 0 Å². The second-order valence-corrected chi connectivity index (χ2v) is 18.7. The summed E-state index contributed by atoms with van der Waals surface area (Å²) in [6.07, 6.45) is 64.2. The Labute approximate surface area is 392 Å². The summed E-state index contributed by atoms with van der Waals surface area (Å²) in [5, 5.41) is 0. The van der Waals surface area contributed by atoms with Gasteiger partial charge >= 0.3 is 21.7 Å². The van der Waals surface area contributed by atoms with Crippen molar-refractivity contribution in [3.05, 3.63) is 27.7 Å². The van der Waals surface area contributed by atoms with Crippen LogP contribution in [0.15, 0.2) is 0 Å². The standard InChI is InChI=1S/C16H35P.4C10H21.Ti/c1-3-5-7-9-11-13-15-17-16-14-12-10-8-6-4-2;4*1-3-5-7-9-10-8-6-4-2;/h17H,3-16H2,1-2H3;4*1,3-10H2,2H3;/q;4*-1;+4. The van der Waals surface area contributed by atoms with E-state index < -0.39 is 0 Å². The van der Waals surface area contributed by atoms with Crippen LogP contribution in [-0.2, 0) is 21.7 Å². The fraction of sp³-hybridized carbons (Fsp3) is 0.929. The number of unbranched alkanes of at least 4 members (excludes halogenated alkanes) is 38. The van der Waals surface area contributed by atoms with E-state index in [4.69, 9.17) is 0 Å². The quantitative estimate of drug-likeness (QED) is 0.0248. The zero-order valence-electron chi connectivity index (χ0n) is 42.4. The van der Waals surface area contributed by atoms with Gasteiger partial charge in [0.25, 0.3) is 0 Å². The van der Waals surface area contributed by atoms with Gasteiger partial charge in [-0.15, -0.1) is 8.58 Å². The van der Waals surface area contributed by atoms with E-state index in [1.54, 1.807) is 0 Å².